The number of para-hydroxylation sites is 1. The molecule has 1 aliphatic heterocycles. The molecule has 1 unspecified atom stereocenters. The molecule has 0 radical (unpaired) electrons. The molecule has 2 amide bonds. The number of aromatic nitrogens is 3. The van der Waals surface area contributed by atoms with Crippen LogP contribution in [0.25, 0.3) is 21.8 Å². The van der Waals surface area contributed by atoms with Crippen LogP contribution in [-0.2, 0) is 6.42 Å². The van der Waals surface area contributed by atoms with Crippen molar-refractivity contribution in [2.75, 3.05) is 13.1 Å². The Morgan fingerprint density at radius 3 is 2.41 bits per heavy atom. The van der Waals surface area contributed by atoms with E-state index in [1.807, 2.05) is 18.2 Å². The molecular weight excluding hydrogens is 402 g/mol. The lowest BCUT2D eigenvalue weighted by Crippen LogP contribution is -2.30. The first-order valence-corrected chi connectivity index (χ1v) is 11.0. The normalized spacial score (nSPS) is 14.5. The highest BCUT2D eigenvalue weighted by Crippen LogP contribution is 2.31. The maximum Gasteiger partial charge on any atom is 0.261 e. The number of imide groups is 1. The monoisotopic (exact) mass is 427 g/mol. The molecule has 0 bridgehead atoms. The standard InChI is InChI=1S/C25H25N5O2/c1-15(14-26)22-23-21(18-10-4-5-11-19(18)27-22)20(28-29-23)12-6-7-13-30-24(31)16-8-2-3-9-17(16)25(30)32/h2-5,8-11,15H,6-7,12-14,26H2,1H3,(H,28,29). The maximum absolute atomic E-state index is 12.6. The van der Waals surface area contributed by atoms with Crippen molar-refractivity contribution >= 4 is 33.6 Å². The van der Waals surface area contributed by atoms with Gasteiger partial charge in [-0.25, -0.2) is 0 Å². The highest BCUT2D eigenvalue weighted by molar-refractivity contribution is 6.21. The lowest BCUT2D eigenvalue weighted by Gasteiger charge is -2.13. The van der Waals surface area contributed by atoms with Crippen LogP contribution in [0.2, 0.25) is 0 Å². The van der Waals surface area contributed by atoms with Gasteiger partial charge in [0.05, 0.1) is 22.3 Å². The van der Waals surface area contributed by atoms with Crippen LogP contribution in [0, 0.1) is 0 Å². The van der Waals surface area contributed by atoms with Crippen LogP contribution in [0.1, 0.15) is 57.8 Å². The molecule has 5 rings (SSSR count). The number of H-pyrrole nitrogens is 1. The number of carbonyl (C=O) groups excluding carboxylic acids is 2. The van der Waals surface area contributed by atoms with Crippen molar-refractivity contribution in [2.24, 2.45) is 5.73 Å². The molecule has 0 saturated heterocycles. The Balaban J connectivity index is 1.35. The number of fused-ring (bicyclic) bond motifs is 4. The van der Waals surface area contributed by atoms with E-state index in [-0.39, 0.29) is 17.7 Å². The Morgan fingerprint density at radius 1 is 1.00 bits per heavy atom. The van der Waals surface area contributed by atoms with Gasteiger partial charge in [-0.05, 0) is 37.5 Å². The van der Waals surface area contributed by atoms with E-state index in [2.05, 4.69) is 23.2 Å². The Morgan fingerprint density at radius 2 is 1.69 bits per heavy atom. The Bertz CT molecular complexity index is 1310. The smallest absolute Gasteiger partial charge is 0.261 e. The van der Waals surface area contributed by atoms with Crippen molar-refractivity contribution in [3.05, 3.63) is 71.0 Å². The van der Waals surface area contributed by atoms with Gasteiger partial charge in [0.2, 0.25) is 0 Å². The summed E-state index contributed by atoms with van der Waals surface area (Å²) < 4.78 is 0. The first-order chi connectivity index (χ1) is 15.6. The highest BCUT2D eigenvalue weighted by Gasteiger charge is 2.34. The Kier molecular flexibility index (Phi) is 5.19. The van der Waals surface area contributed by atoms with E-state index in [0.29, 0.717) is 24.2 Å². The molecule has 2 aromatic carbocycles. The zero-order valence-electron chi connectivity index (χ0n) is 18.0. The van der Waals surface area contributed by atoms with Gasteiger partial charge < -0.3 is 5.73 Å². The summed E-state index contributed by atoms with van der Waals surface area (Å²) in [5.41, 5.74) is 10.7. The summed E-state index contributed by atoms with van der Waals surface area (Å²) in [5, 5.41) is 9.95. The number of aryl methyl sites for hydroxylation is 1. The summed E-state index contributed by atoms with van der Waals surface area (Å²) in [6, 6.07) is 15.1. The van der Waals surface area contributed by atoms with Crippen molar-refractivity contribution in [1.82, 2.24) is 20.1 Å². The molecule has 162 valence electrons. The third kappa shape index (κ3) is 3.26. The van der Waals surface area contributed by atoms with Crippen molar-refractivity contribution in [1.29, 1.82) is 0 Å². The van der Waals surface area contributed by atoms with E-state index in [4.69, 9.17) is 10.7 Å². The first kappa shape index (κ1) is 20.3. The Hall–Kier alpha value is -3.58. The number of benzene rings is 2. The zero-order chi connectivity index (χ0) is 22.2. The van der Waals surface area contributed by atoms with E-state index in [0.717, 1.165) is 52.5 Å². The molecule has 1 atom stereocenters. The second-order valence-corrected chi connectivity index (χ2v) is 8.34. The summed E-state index contributed by atoms with van der Waals surface area (Å²) in [7, 11) is 0. The van der Waals surface area contributed by atoms with Crippen molar-refractivity contribution in [2.45, 2.75) is 32.1 Å². The quantitative estimate of drug-likeness (QED) is 0.345. The molecule has 1 aliphatic rings. The molecule has 0 aliphatic carbocycles. The fourth-order valence-corrected chi connectivity index (χ4v) is 4.47. The molecule has 0 fully saturated rings. The molecule has 0 spiro atoms. The fourth-order valence-electron chi connectivity index (χ4n) is 4.47. The summed E-state index contributed by atoms with van der Waals surface area (Å²) in [6.45, 7) is 2.98. The Labute approximate surface area is 185 Å². The SMILES string of the molecule is CC(CN)c1nc2ccccc2c2c(CCCCN3C(=O)c4ccccc4C3=O)[nH]nc12. The van der Waals surface area contributed by atoms with E-state index in [9.17, 15) is 9.59 Å². The van der Waals surface area contributed by atoms with Gasteiger partial charge in [0.1, 0.15) is 5.52 Å². The highest BCUT2D eigenvalue weighted by atomic mass is 16.2. The summed E-state index contributed by atoms with van der Waals surface area (Å²) >= 11 is 0. The van der Waals surface area contributed by atoms with Crippen LogP contribution in [0.5, 0.6) is 0 Å². The number of hydrogen-bond donors (Lipinski definition) is 2. The van der Waals surface area contributed by atoms with Crippen LogP contribution in [-0.4, -0.2) is 45.0 Å². The second-order valence-electron chi connectivity index (χ2n) is 8.34. The number of nitrogens with two attached hydrogens (primary N) is 1. The first-order valence-electron chi connectivity index (χ1n) is 11.0. The summed E-state index contributed by atoms with van der Waals surface area (Å²) in [4.78, 5) is 31.3. The van der Waals surface area contributed by atoms with Gasteiger partial charge >= 0.3 is 0 Å². The summed E-state index contributed by atoms with van der Waals surface area (Å²) in [5.74, 6) is -0.294. The van der Waals surface area contributed by atoms with Crippen molar-refractivity contribution in [3.63, 3.8) is 0 Å². The van der Waals surface area contributed by atoms with Gasteiger partial charge in [-0.2, -0.15) is 5.10 Å². The van der Waals surface area contributed by atoms with Gasteiger partial charge in [0.15, 0.2) is 0 Å². The van der Waals surface area contributed by atoms with Crippen molar-refractivity contribution < 1.29 is 9.59 Å². The minimum Gasteiger partial charge on any atom is -0.330 e. The molecule has 4 aromatic rings. The largest absolute Gasteiger partial charge is 0.330 e. The number of carbonyl (C=O) groups is 2. The molecule has 32 heavy (non-hydrogen) atoms. The molecule has 7 heteroatoms. The van der Waals surface area contributed by atoms with Gasteiger partial charge in [-0.15, -0.1) is 0 Å². The van der Waals surface area contributed by atoms with Crippen LogP contribution >= 0.6 is 0 Å². The number of nitrogens with one attached hydrogen (secondary N) is 1. The average molecular weight is 428 g/mol. The van der Waals surface area contributed by atoms with Gasteiger partial charge in [-0.3, -0.25) is 24.6 Å². The number of nitrogens with zero attached hydrogens (tertiary/aromatic N) is 3. The number of hydrogen-bond acceptors (Lipinski definition) is 5. The third-order valence-electron chi connectivity index (χ3n) is 6.26. The van der Waals surface area contributed by atoms with Gasteiger partial charge in [-0.1, -0.05) is 37.3 Å². The second kappa shape index (κ2) is 8.16. The topological polar surface area (TPSA) is 105 Å². The lowest BCUT2D eigenvalue weighted by molar-refractivity contribution is 0.0652. The molecule has 2 aromatic heterocycles. The number of rotatable bonds is 7. The fraction of sp³-hybridized carbons (Fsp3) is 0.280. The summed E-state index contributed by atoms with van der Waals surface area (Å²) in [6.07, 6.45) is 2.31. The van der Waals surface area contributed by atoms with Gasteiger partial charge in [0, 0.05) is 35.5 Å². The zero-order valence-corrected chi connectivity index (χ0v) is 18.0. The minimum atomic E-state index is -0.199. The van der Waals surface area contributed by atoms with Crippen molar-refractivity contribution in [3.8, 4) is 0 Å². The molecule has 3 N–H and O–H groups in total. The molecule has 0 saturated carbocycles. The lowest BCUT2D eigenvalue weighted by atomic mass is 9.99. The predicted molar refractivity (Wildman–Crippen MR) is 124 cm³/mol. The number of amides is 2. The van der Waals surface area contributed by atoms with E-state index in [1.54, 1.807) is 24.3 Å². The van der Waals surface area contributed by atoms with Gasteiger partial charge in [0.25, 0.3) is 11.8 Å². The number of pyridine rings is 1. The predicted octanol–water partition coefficient (Wildman–Crippen LogP) is 3.79. The van der Waals surface area contributed by atoms with E-state index >= 15 is 0 Å². The van der Waals surface area contributed by atoms with Crippen LogP contribution in [0.3, 0.4) is 0 Å². The van der Waals surface area contributed by atoms with Crippen LogP contribution in [0.15, 0.2) is 48.5 Å². The maximum atomic E-state index is 12.6. The molecule has 7 nitrogen and oxygen atoms in total. The average Bonchev–Trinajstić information content (AvgIpc) is 3.36. The van der Waals surface area contributed by atoms with E-state index < -0.39 is 0 Å². The van der Waals surface area contributed by atoms with Crippen LogP contribution in [0.4, 0.5) is 0 Å². The molecular formula is C25H25N5O2. The van der Waals surface area contributed by atoms with E-state index in [1.165, 1.54) is 4.90 Å². The molecule has 3 heterocycles. The number of aromatic amines is 1. The number of unbranched alkanes of at least 4 members (excludes halogenated alkanes) is 1. The minimum absolute atomic E-state index is 0.104. The van der Waals surface area contributed by atoms with Crippen LogP contribution < -0.4 is 5.73 Å². The third-order valence-corrected chi connectivity index (χ3v) is 6.26.